The summed E-state index contributed by atoms with van der Waals surface area (Å²) in [5.74, 6) is -0.120. The molecule has 0 N–H and O–H groups in total. The molecule has 1 spiro atoms. The zero-order valence-electron chi connectivity index (χ0n) is 17.9. The molecule has 170 valence electrons. The summed E-state index contributed by atoms with van der Waals surface area (Å²) >= 11 is 0. The number of amides is 1. The van der Waals surface area contributed by atoms with E-state index >= 15 is 0 Å². The summed E-state index contributed by atoms with van der Waals surface area (Å²) in [5.41, 5.74) is 1.79. The molecule has 4 heterocycles. The van der Waals surface area contributed by atoms with Crippen LogP contribution in [0.25, 0.3) is 11.3 Å². The Balaban J connectivity index is 1.35. The first-order valence-electron chi connectivity index (χ1n) is 11.0. The Morgan fingerprint density at radius 2 is 1.85 bits per heavy atom. The van der Waals surface area contributed by atoms with Gasteiger partial charge in [-0.1, -0.05) is 6.07 Å². The molecule has 33 heavy (non-hydrogen) atoms. The zero-order valence-corrected chi connectivity index (χ0v) is 17.9. The van der Waals surface area contributed by atoms with Gasteiger partial charge in [0.15, 0.2) is 0 Å². The van der Waals surface area contributed by atoms with Crippen LogP contribution < -0.4 is 0 Å². The SMILES string of the molecule is O=C(c1ncccc1-c1ccccn1)N1CC2(CC2)C[C@H]1CCc1ccc(C(F)(F)F)cn1. The van der Waals surface area contributed by atoms with Crippen molar-refractivity contribution in [3.63, 3.8) is 0 Å². The fourth-order valence-electron chi connectivity index (χ4n) is 4.69. The lowest BCUT2D eigenvalue weighted by Gasteiger charge is -2.25. The van der Waals surface area contributed by atoms with Gasteiger partial charge in [0.25, 0.3) is 5.91 Å². The Morgan fingerprint density at radius 3 is 2.52 bits per heavy atom. The van der Waals surface area contributed by atoms with E-state index in [-0.39, 0.29) is 17.4 Å². The highest BCUT2D eigenvalue weighted by Crippen LogP contribution is 2.55. The summed E-state index contributed by atoms with van der Waals surface area (Å²) in [5, 5.41) is 0. The van der Waals surface area contributed by atoms with Gasteiger partial charge in [-0.3, -0.25) is 19.7 Å². The molecule has 1 atom stereocenters. The van der Waals surface area contributed by atoms with Gasteiger partial charge in [-0.25, -0.2) is 0 Å². The summed E-state index contributed by atoms with van der Waals surface area (Å²) in [6.07, 6.45) is 4.05. The van der Waals surface area contributed by atoms with Crippen molar-refractivity contribution in [3.8, 4) is 11.3 Å². The van der Waals surface area contributed by atoms with Gasteiger partial charge < -0.3 is 4.90 Å². The number of aryl methyl sites for hydroxylation is 1. The number of alkyl halides is 3. The summed E-state index contributed by atoms with van der Waals surface area (Å²) in [6.45, 7) is 0.690. The van der Waals surface area contributed by atoms with E-state index in [1.165, 1.54) is 6.07 Å². The lowest BCUT2D eigenvalue weighted by Crippen LogP contribution is -2.37. The smallest absolute Gasteiger partial charge is 0.334 e. The van der Waals surface area contributed by atoms with E-state index in [9.17, 15) is 18.0 Å². The van der Waals surface area contributed by atoms with Crippen molar-refractivity contribution >= 4 is 5.91 Å². The number of pyridine rings is 3. The molecule has 2 aliphatic rings. The second-order valence-electron chi connectivity index (χ2n) is 8.98. The minimum Gasteiger partial charge on any atom is -0.334 e. The normalized spacial score (nSPS) is 19.1. The Bertz CT molecular complexity index is 1140. The van der Waals surface area contributed by atoms with Gasteiger partial charge in [0.2, 0.25) is 0 Å². The number of aromatic nitrogens is 3. The predicted molar refractivity (Wildman–Crippen MR) is 116 cm³/mol. The van der Waals surface area contributed by atoms with E-state index in [2.05, 4.69) is 15.0 Å². The molecule has 3 aromatic heterocycles. The maximum Gasteiger partial charge on any atom is 0.417 e. The van der Waals surface area contributed by atoms with E-state index in [1.54, 1.807) is 18.5 Å². The number of hydrogen-bond acceptors (Lipinski definition) is 4. The standard InChI is InChI=1S/C25H23F3N4O/c26-25(27,28)17-6-7-18(31-15-17)8-9-19-14-24(10-11-24)16-32(19)23(33)22-20(4-3-13-30-22)21-5-1-2-12-29-21/h1-7,12-13,15,19H,8-11,14,16H2/t19-/m1/s1. The number of likely N-dealkylation sites (tertiary alicyclic amines) is 1. The van der Waals surface area contributed by atoms with E-state index in [4.69, 9.17) is 0 Å². The van der Waals surface area contributed by atoms with Crippen LogP contribution in [0.1, 0.15) is 47.4 Å². The van der Waals surface area contributed by atoms with Crippen LogP contribution in [-0.4, -0.2) is 38.3 Å². The molecule has 0 aromatic carbocycles. The molecule has 1 aliphatic heterocycles. The molecule has 1 amide bonds. The second kappa shape index (κ2) is 8.24. The van der Waals surface area contributed by atoms with Crippen molar-refractivity contribution in [1.29, 1.82) is 0 Å². The Morgan fingerprint density at radius 1 is 1.03 bits per heavy atom. The van der Waals surface area contributed by atoms with Crippen LogP contribution >= 0.6 is 0 Å². The van der Waals surface area contributed by atoms with E-state index < -0.39 is 11.7 Å². The fraction of sp³-hybridized carbons (Fsp3) is 0.360. The molecular formula is C25H23F3N4O. The summed E-state index contributed by atoms with van der Waals surface area (Å²) in [7, 11) is 0. The zero-order chi connectivity index (χ0) is 23.1. The predicted octanol–water partition coefficient (Wildman–Crippen LogP) is 5.18. The summed E-state index contributed by atoms with van der Waals surface area (Å²) in [4.78, 5) is 28.3. The van der Waals surface area contributed by atoms with Crippen LogP contribution in [-0.2, 0) is 12.6 Å². The highest BCUT2D eigenvalue weighted by atomic mass is 19.4. The van der Waals surface area contributed by atoms with E-state index in [0.717, 1.165) is 31.5 Å². The molecule has 8 heteroatoms. The Labute approximate surface area is 189 Å². The van der Waals surface area contributed by atoms with Crippen molar-refractivity contribution in [2.24, 2.45) is 5.41 Å². The number of nitrogens with zero attached hydrogens (tertiary/aromatic N) is 4. The highest BCUT2D eigenvalue weighted by molar-refractivity contribution is 5.99. The lowest BCUT2D eigenvalue weighted by molar-refractivity contribution is -0.137. The van der Waals surface area contributed by atoms with Crippen LogP contribution in [0.5, 0.6) is 0 Å². The number of carbonyl (C=O) groups is 1. The van der Waals surface area contributed by atoms with Crippen LogP contribution in [0.15, 0.2) is 61.1 Å². The quantitative estimate of drug-likeness (QED) is 0.535. The average molecular weight is 452 g/mol. The number of carbonyl (C=O) groups excluding carboxylic acids is 1. The minimum absolute atomic E-state index is 0.00248. The maximum atomic E-state index is 13.6. The molecule has 5 rings (SSSR count). The van der Waals surface area contributed by atoms with E-state index in [1.807, 2.05) is 29.2 Å². The first-order chi connectivity index (χ1) is 15.8. The van der Waals surface area contributed by atoms with Gasteiger partial charge in [-0.05, 0) is 73.9 Å². The first kappa shape index (κ1) is 21.6. The molecule has 1 saturated carbocycles. The third kappa shape index (κ3) is 4.47. The molecule has 3 aromatic rings. The fourth-order valence-corrected chi connectivity index (χ4v) is 4.69. The van der Waals surface area contributed by atoms with Gasteiger partial charge in [0.05, 0.1) is 11.3 Å². The van der Waals surface area contributed by atoms with Gasteiger partial charge in [-0.2, -0.15) is 13.2 Å². The van der Waals surface area contributed by atoms with E-state index in [0.29, 0.717) is 42.0 Å². The van der Waals surface area contributed by atoms with Crippen LogP contribution in [0, 0.1) is 5.41 Å². The topological polar surface area (TPSA) is 59.0 Å². The molecule has 5 nitrogen and oxygen atoms in total. The molecule has 2 fully saturated rings. The molecular weight excluding hydrogens is 429 g/mol. The van der Waals surface area contributed by atoms with Gasteiger partial charge >= 0.3 is 6.18 Å². The average Bonchev–Trinajstić information content (AvgIpc) is 3.48. The van der Waals surface area contributed by atoms with Crippen molar-refractivity contribution in [3.05, 3.63) is 78.0 Å². The number of rotatable bonds is 5. The van der Waals surface area contributed by atoms with Crippen LogP contribution in [0.3, 0.4) is 0 Å². The molecule has 1 aliphatic carbocycles. The summed E-state index contributed by atoms with van der Waals surface area (Å²) in [6, 6.07) is 11.7. The van der Waals surface area contributed by atoms with Gasteiger partial charge in [-0.15, -0.1) is 0 Å². The molecule has 0 radical (unpaired) electrons. The van der Waals surface area contributed by atoms with Crippen molar-refractivity contribution < 1.29 is 18.0 Å². The third-order valence-corrected chi connectivity index (χ3v) is 6.67. The first-order valence-corrected chi connectivity index (χ1v) is 11.0. The number of halogens is 3. The summed E-state index contributed by atoms with van der Waals surface area (Å²) < 4.78 is 38.4. The largest absolute Gasteiger partial charge is 0.417 e. The molecule has 0 bridgehead atoms. The Kier molecular flexibility index (Phi) is 5.38. The van der Waals surface area contributed by atoms with Crippen molar-refractivity contribution in [2.45, 2.75) is 44.3 Å². The van der Waals surface area contributed by atoms with Crippen LogP contribution in [0.4, 0.5) is 13.2 Å². The van der Waals surface area contributed by atoms with Crippen molar-refractivity contribution in [2.75, 3.05) is 6.54 Å². The highest BCUT2D eigenvalue weighted by Gasteiger charge is 2.53. The maximum absolute atomic E-state index is 13.6. The monoisotopic (exact) mass is 452 g/mol. The molecule has 0 unspecified atom stereocenters. The van der Waals surface area contributed by atoms with Gasteiger partial charge in [0, 0.05) is 42.4 Å². The number of hydrogen-bond donors (Lipinski definition) is 0. The second-order valence-corrected chi connectivity index (χ2v) is 8.98. The van der Waals surface area contributed by atoms with Gasteiger partial charge in [0.1, 0.15) is 5.69 Å². The minimum atomic E-state index is -4.40. The van der Waals surface area contributed by atoms with Crippen molar-refractivity contribution in [1.82, 2.24) is 19.9 Å². The third-order valence-electron chi connectivity index (χ3n) is 6.67. The van der Waals surface area contributed by atoms with Crippen LogP contribution in [0.2, 0.25) is 0 Å². The Hall–Kier alpha value is -3.29. The lowest BCUT2D eigenvalue weighted by atomic mass is 9.99. The molecule has 1 saturated heterocycles.